The topological polar surface area (TPSA) is 29.3 Å². The number of para-hydroxylation sites is 1. The third-order valence-electron chi connectivity index (χ3n) is 1.98. The molecule has 0 saturated heterocycles. The standard InChI is InChI=1S/C10H16N2/c1-3-9(2)12(11)10-7-5-4-6-8-10/h4-9H,3,11H2,1-2H3/t9-/m1/s1/i3D/t3-,9-. The van der Waals surface area contributed by atoms with E-state index in [1.165, 1.54) is 0 Å². The number of hydrogen-bond acceptors (Lipinski definition) is 2. The molecule has 0 amide bonds. The lowest BCUT2D eigenvalue weighted by molar-refractivity contribution is 0.633. The van der Waals surface area contributed by atoms with Crippen LogP contribution in [0.25, 0.3) is 0 Å². The van der Waals surface area contributed by atoms with Gasteiger partial charge >= 0.3 is 0 Å². The average Bonchev–Trinajstić information content (AvgIpc) is 2.17. The summed E-state index contributed by atoms with van der Waals surface area (Å²) >= 11 is 0. The maximum absolute atomic E-state index is 7.54. The molecule has 2 heteroatoms. The molecule has 0 aliphatic carbocycles. The smallest absolute Gasteiger partial charge is 0.0520 e. The molecule has 0 bridgehead atoms. The first-order valence-corrected chi connectivity index (χ1v) is 4.14. The number of hydrazine groups is 1. The Morgan fingerprint density at radius 1 is 1.50 bits per heavy atom. The third-order valence-corrected chi connectivity index (χ3v) is 1.98. The van der Waals surface area contributed by atoms with Crippen LogP contribution >= 0.6 is 0 Å². The summed E-state index contributed by atoms with van der Waals surface area (Å²) in [7, 11) is 0. The van der Waals surface area contributed by atoms with Gasteiger partial charge in [0, 0.05) is 7.41 Å². The molecule has 0 radical (unpaired) electrons. The fourth-order valence-corrected chi connectivity index (χ4v) is 0.996. The van der Waals surface area contributed by atoms with Crippen LogP contribution in [0.3, 0.4) is 0 Å². The summed E-state index contributed by atoms with van der Waals surface area (Å²) in [6.45, 7) is 3.79. The normalized spacial score (nSPS) is 16.4. The van der Waals surface area contributed by atoms with Crippen molar-refractivity contribution >= 4 is 5.69 Å². The maximum atomic E-state index is 7.54. The first kappa shape index (κ1) is 7.62. The highest BCUT2D eigenvalue weighted by Gasteiger charge is 2.06. The van der Waals surface area contributed by atoms with Crippen LogP contribution < -0.4 is 10.9 Å². The molecule has 2 nitrogen and oxygen atoms in total. The quantitative estimate of drug-likeness (QED) is 0.549. The van der Waals surface area contributed by atoms with Crippen molar-refractivity contribution in [2.75, 3.05) is 5.01 Å². The summed E-state index contributed by atoms with van der Waals surface area (Å²) in [5, 5.41) is 1.64. The van der Waals surface area contributed by atoms with Crippen molar-refractivity contribution in [2.24, 2.45) is 5.84 Å². The highest BCUT2D eigenvalue weighted by molar-refractivity contribution is 5.44. The molecule has 0 saturated carbocycles. The van der Waals surface area contributed by atoms with E-state index in [-0.39, 0.29) is 12.4 Å². The monoisotopic (exact) mass is 165 g/mol. The zero-order valence-electron chi connectivity index (χ0n) is 8.57. The van der Waals surface area contributed by atoms with E-state index in [0.29, 0.717) is 0 Å². The molecule has 2 atom stereocenters. The highest BCUT2D eigenvalue weighted by atomic mass is 15.4. The van der Waals surface area contributed by atoms with Crippen molar-refractivity contribution in [1.82, 2.24) is 0 Å². The molecule has 1 rings (SSSR count). The zero-order valence-corrected chi connectivity index (χ0v) is 7.57. The van der Waals surface area contributed by atoms with E-state index in [1.54, 1.807) is 5.01 Å². The highest BCUT2D eigenvalue weighted by Crippen LogP contribution is 2.13. The Morgan fingerprint density at radius 3 is 2.58 bits per heavy atom. The summed E-state index contributed by atoms with van der Waals surface area (Å²) in [4.78, 5) is 0. The van der Waals surface area contributed by atoms with E-state index < -0.39 is 0 Å². The van der Waals surface area contributed by atoms with Gasteiger partial charge in [-0.25, -0.2) is 5.84 Å². The van der Waals surface area contributed by atoms with Crippen LogP contribution in [0.2, 0.25) is 0 Å². The SMILES string of the molecule is [2H][C@H](C)[C@@H](C)N(N)c1ccccc1. The Kier molecular flexibility index (Phi) is 2.61. The van der Waals surface area contributed by atoms with Crippen LogP contribution in [0.1, 0.15) is 21.6 Å². The Morgan fingerprint density at radius 2 is 2.08 bits per heavy atom. The molecule has 0 fully saturated rings. The lowest BCUT2D eigenvalue weighted by Crippen LogP contribution is -2.38. The van der Waals surface area contributed by atoms with Gasteiger partial charge in [-0.05, 0) is 25.5 Å². The van der Waals surface area contributed by atoms with Crippen LogP contribution in [0.15, 0.2) is 30.3 Å². The minimum absolute atomic E-state index is 0.0300. The van der Waals surface area contributed by atoms with E-state index in [0.717, 1.165) is 5.69 Å². The van der Waals surface area contributed by atoms with E-state index in [9.17, 15) is 0 Å². The van der Waals surface area contributed by atoms with Crippen LogP contribution in [0, 0.1) is 0 Å². The third kappa shape index (κ3) is 1.98. The van der Waals surface area contributed by atoms with Gasteiger partial charge < -0.3 is 5.01 Å². The molecule has 1 aromatic rings. The molecular weight excluding hydrogens is 148 g/mol. The number of hydrogen-bond donors (Lipinski definition) is 1. The summed E-state index contributed by atoms with van der Waals surface area (Å²) in [5.74, 6) is 5.85. The average molecular weight is 165 g/mol. The second-order valence-electron chi connectivity index (χ2n) is 2.82. The van der Waals surface area contributed by atoms with Crippen molar-refractivity contribution in [3.8, 4) is 0 Å². The first-order chi connectivity index (χ1) is 6.13. The lowest BCUT2D eigenvalue weighted by atomic mass is 10.2. The molecule has 1 aromatic carbocycles. The zero-order chi connectivity index (χ0) is 9.84. The van der Waals surface area contributed by atoms with Crippen molar-refractivity contribution in [3.05, 3.63) is 30.3 Å². The maximum Gasteiger partial charge on any atom is 0.0520 e. The van der Waals surface area contributed by atoms with Crippen molar-refractivity contribution < 1.29 is 1.37 Å². The van der Waals surface area contributed by atoms with Gasteiger partial charge in [-0.1, -0.05) is 25.1 Å². The van der Waals surface area contributed by atoms with Crippen molar-refractivity contribution in [1.29, 1.82) is 0 Å². The predicted octanol–water partition coefficient (Wildman–Crippen LogP) is 2.17. The van der Waals surface area contributed by atoms with E-state index >= 15 is 0 Å². The van der Waals surface area contributed by atoms with Crippen LogP contribution in [0.4, 0.5) is 5.69 Å². The Bertz CT molecular complexity index is 248. The first-order valence-electron chi connectivity index (χ1n) is 4.72. The molecule has 0 aromatic heterocycles. The minimum atomic E-state index is -0.190. The van der Waals surface area contributed by atoms with Gasteiger partial charge in [0.05, 0.1) is 5.69 Å². The molecule has 0 aliphatic rings. The number of nitrogens with zero attached hydrogens (tertiary/aromatic N) is 1. The largest absolute Gasteiger partial charge is 0.308 e. The molecule has 12 heavy (non-hydrogen) atoms. The fourth-order valence-electron chi connectivity index (χ4n) is 0.996. The minimum Gasteiger partial charge on any atom is -0.308 e. The Labute approximate surface area is 75.4 Å². The molecule has 0 spiro atoms. The number of nitrogens with two attached hydrogens (primary N) is 1. The second kappa shape index (κ2) is 4.12. The summed E-state index contributed by atoms with van der Waals surface area (Å²) in [6, 6.07) is 9.75. The second-order valence-corrected chi connectivity index (χ2v) is 2.82. The van der Waals surface area contributed by atoms with Gasteiger partial charge in [0.2, 0.25) is 0 Å². The van der Waals surface area contributed by atoms with E-state index in [2.05, 4.69) is 0 Å². The van der Waals surface area contributed by atoms with E-state index in [1.807, 2.05) is 44.2 Å². The van der Waals surface area contributed by atoms with Crippen LogP contribution in [0.5, 0.6) is 0 Å². The summed E-state index contributed by atoms with van der Waals surface area (Å²) < 4.78 is 7.54. The van der Waals surface area contributed by atoms with Crippen molar-refractivity contribution in [2.45, 2.75) is 26.3 Å². The van der Waals surface area contributed by atoms with Crippen molar-refractivity contribution in [3.63, 3.8) is 0 Å². The fraction of sp³-hybridized carbons (Fsp3) is 0.400. The number of anilines is 1. The molecule has 0 unspecified atom stereocenters. The Hall–Kier alpha value is -1.02. The lowest BCUT2D eigenvalue weighted by Gasteiger charge is -2.24. The molecule has 0 heterocycles. The number of benzene rings is 1. The van der Waals surface area contributed by atoms with Gasteiger partial charge in [0.15, 0.2) is 0 Å². The summed E-state index contributed by atoms with van der Waals surface area (Å²) in [6.07, 6.45) is -0.190. The molecule has 66 valence electrons. The predicted molar refractivity (Wildman–Crippen MR) is 52.9 cm³/mol. The van der Waals surface area contributed by atoms with Crippen LogP contribution in [-0.2, 0) is 0 Å². The number of rotatable bonds is 3. The summed E-state index contributed by atoms with van der Waals surface area (Å²) in [5.41, 5.74) is 0.953. The van der Waals surface area contributed by atoms with Gasteiger partial charge in [-0.15, -0.1) is 0 Å². The molecule has 0 aliphatic heterocycles. The van der Waals surface area contributed by atoms with Gasteiger partial charge in [0.1, 0.15) is 0 Å². The molecular formula is C10H16N2. The molecule has 2 N–H and O–H groups in total. The van der Waals surface area contributed by atoms with Gasteiger partial charge in [0.25, 0.3) is 0 Å². The van der Waals surface area contributed by atoms with Gasteiger partial charge in [-0.2, -0.15) is 0 Å². The Balaban J connectivity index is 2.73. The van der Waals surface area contributed by atoms with E-state index in [4.69, 9.17) is 7.21 Å². The van der Waals surface area contributed by atoms with Crippen LogP contribution in [-0.4, -0.2) is 6.04 Å². The van der Waals surface area contributed by atoms with Gasteiger partial charge in [-0.3, -0.25) is 0 Å².